The van der Waals surface area contributed by atoms with Crippen LogP contribution in [0.25, 0.3) is 0 Å². The summed E-state index contributed by atoms with van der Waals surface area (Å²) in [5.74, 6) is -3.09. The van der Waals surface area contributed by atoms with Gasteiger partial charge in [-0.15, -0.1) is 0 Å². The third-order valence-electron chi connectivity index (χ3n) is 4.81. The monoisotopic (exact) mass is 437 g/mol. The maximum atomic E-state index is 13.1. The Balaban J connectivity index is 3.72. The maximum absolute atomic E-state index is 13.1. The van der Waals surface area contributed by atoms with E-state index in [1.807, 2.05) is 0 Å². The van der Waals surface area contributed by atoms with Crippen molar-refractivity contribution >= 4 is 29.4 Å². The van der Waals surface area contributed by atoms with Crippen molar-refractivity contribution in [3.8, 4) is 0 Å². The van der Waals surface area contributed by atoms with Gasteiger partial charge in [0.15, 0.2) is 0 Å². The minimum absolute atomic E-state index is 0.0208. The second kappa shape index (κ2) is 10.7. The summed E-state index contributed by atoms with van der Waals surface area (Å²) in [7, 11) is 2.42. The smallest absolute Gasteiger partial charge is 0.329 e. The minimum atomic E-state index is -1.03. The Bertz CT molecular complexity index is 918. The van der Waals surface area contributed by atoms with E-state index in [1.165, 1.54) is 34.1 Å². The molecule has 0 spiro atoms. The molecule has 172 valence electrons. The fraction of sp³-hybridized carbons (Fsp3) is 0.571. The normalized spacial score (nSPS) is 12.8. The third-order valence-corrected chi connectivity index (χ3v) is 4.81. The van der Waals surface area contributed by atoms with E-state index in [9.17, 15) is 24.0 Å². The van der Waals surface area contributed by atoms with Gasteiger partial charge in [-0.25, -0.2) is 9.59 Å². The van der Waals surface area contributed by atoms with Crippen molar-refractivity contribution in [2.24, 2.45) is 11.8 Å². The quantitative estimate of drug-likeness (QED) is 0.588. The van der Waals surface area contributed by atoms with Crippen LogP contribution in [0.2, 0.25) is 0 Å². The average Bonchev–Trinajstić information content (AvgIpc) is 2.69. The first kappa shape index (κ1) is 25.9. The van der Waals surface area contributed by atoms with E-state index >= 15 is 0 Å². The largest absolute Gasteiger partial charge is 0.467 e. The molecule has 0 saturated carbocycles. The molecule has 0 bridgehead atoms. The highest BCUT2D eigenvalue weighted by atomic mass is 16.5. The number of pyridine rings is 1. The highest BCUT2D eigenvalue weighted by molar-refractivity contribution is 5.99. The summed E-state index contributed by atoms with van der Waals surface area (Å²) in [6, 6.07) is -0.726. The third kappa shape index (κ3) is 5.93. The molecule has 0 aliphatic carbocycles. The molecule has 0 aliphatic heterocycles. The van der Waals surface area contributed by atoms with Crippen LogP contribution >= 0.6 is 0 Å². The number of carbonyl (C=O) groups excluding carboxylic acids is 4. The molecular formula is C21H31N3O7. The summed E-state index contributed by atoms with van der Waals surface area (Å²) in [5, 5.41) is 5.01. The lowest BCUT2D eigenvalue weighted by Gasteiger charge is -2.26. The van der Waals surface area contributed by atoms with Crippen LogP contribution in [0.3, 0.4) is 0 Å². The molecule has 0 radical (unpaired) electrons. The molecule has 2 amide bonds. The van der Waals surface area contributed by atoms with Gasteiger partial charge in [0.05, 0.1) is 19.8 Å². The number of rotatable bonds is 8. The van der Waals surface area contributed by atoms with Gasteiger partial charge in [0.1, 0.15) is 17.8 Å². The summed E-state index contributed by atoms with van der Waals surface area (Å²) >= 11 is 0. The van der Waals surface area contributed by atoms with Crippen molar-refractivity contribution < 1.29 is 28.7 Å². The molecule has 10 nitrogen and oxygen atoms in total. The Morgan fingerprint density at radius 2 is 1.52 bits per heavy atom. The molecule has 0 fully saturated rings. The fourth-order valence-electron chi connectivity index (χ4n) is 3.21. The van der Waals surface area contributed by atoms with Gasteiger partial charge in [0, 0.05) is 12.6 Å². The number of hydrogen-bond donors (Lipinski definition) is 2. The van der Waals surface area contributed by atoms with Crippen LogP contribution in [-0.2, 0) is 23.9 Å². The van der Waals surface area contributed by atoms with Crippen molar-refractivity contribution in [2.75, 3.05) is 19.5 Å². The molecule has 0 aromatic carbocycles. The molecule has 1 heterocycles. The second-order valence-electron chi connectivity index (χ2n) is 7.84. The lowest BCUT2D eigenvalue weighted by molar-refractivity contribution is -0.146. The number of nitrogens with zero attached hydrogens (tertiary/aromatic N) is 1. The van der Waals surface area contributed by atoms with Gasteiger partial charge in [-0.2, -0.15) is 0 Å². The van der Waals surface area contributed by atoms with Crippen molar-refractivity contribution in [3.63, 3.8) is 0 Å². The number of anilines is 1. The number of nitrogens with one attached hydrogen (secondary N) is 2. The van der Waals surface area contributed by atoms with Crippen LogP contribution in [0.5, 0.6) is 0 Å². The molecule has 1 aromatic rings. The average molecular weight is 437 g/mol. The molecule has 1 aromatic heterocycles. The number of methoxy groups -OCH3 is 2. The molecule has 0 unspecified atom stereocenters. The summed E-state index contributed by atoms with van der Waals surface area (Å²) in [6.07, 6.45) is 0. The molecule has 2 N–H and O–H groups in total. The number of aromatic nitrogens is 1. The summed E-state index contributed by atoms with van der Waals surface area (Å²) in [6.45, 7) is 9.66. The van der Waals surface area contributed by atoms with Crippen LogP contribution in [0, 0.1) is 18.8 Å². The Labute approximate surface area is 181 Å². The molecule has 1 rings (SSSR count). The Kier molecular flexibility index (Phi) is 8.96. The Morgan fingerprint density at radius 3 is 1.94 bits per heavy atom. The minimum Gasteiger partial charge on any atom is -0.467 e. The molecule has 2 atom stereocenters. The number of amides is 2. The molecule has 31 heavy (non-hydrogen) atoms. The van der Waals surface area contributed by atoms with Gasteiger partial charge in [0.2, 0.25) is 5.91 Å². The van der Waals surface area contributed by atoms with Gasteiger partial charge in [0.25, 0.3) is 11.5 Å². The highest BCUT2D eigenvalue weighted by Gasteiger charge is 2.32. The van der Waals surface area contributed by atoms with Crippen molar-refractivity contribution in [1.29, 1.82) is 0 Å². The van der Waals surface area contributed by atoms with Crippen molar-refractivity contribution in [2.45, 2.75) is 53.6 Å². The molecule has 0 saturated heterocycles. The molecular weight excluding hydrogens is 406 g/mol. The van der Waals surface area contributed by atoms with Crippen molar-refractivity contribution in [3.05, 3.63) is 27.7 Å². The lowest BCUT2D eigenvalue weighted by Crippen LogP contribution is -2.46. The number of hydrogen-bond acceptors (Lipinski definition) is 7. The van der Waals surface area contributed by atoms with Crippen LogP contribution in [-0.4, -0.2) is 48.6 Å². The van der Waals surface area contributed by atoms with Gasteiger partial charge >= 0.3 is 11.9 Å². The van der Waals surface area contributed by atoms with Crippen molar-refractivity contribution in [1.82, 2.24) is 9.88 Å². The summed E-state index contributed by atoms with van der Waals surface area (Å²) in [5.41, 5.74) is -0.612. The van der Waals surface area contributed by atoms with Gasteiger partial charge < -0.3 is 20.1 Å². The van der Waals surface area contributed by atoms with E-state index in [2.05, 4.69) is 10.6 Å². The lowest BCUT2D eigenvalue weighted by atomic mass is 10.0. The van der Waals surface area contributed by atoms with Crippen LogP contribution < -0.4 is 16.2 Å². The standard InChI is InChI=1S/C21H31N3O7/c1-10(2)16(20(28)30-7)23-18(26)14-9-15(22-13(6)25)19(27)24(12(14)5)17(11(3)4)21(29)31-8/h9-11,16-17H,1-8H3,(H,22,25)(H,23,26)/t16-,17-/m0/s1. The van der Waals surface area contributed by atoms with Crippen LogP contribution in [0.1, 0.15) is 56.7 Å². The first-order valence-electron chi connectivity index (χ1n) is 9.87. The van der Waals surface area contributed by atoms with Gasteiger partial charge in [-0.1, -0.05) is 27.7 Å². The van der Waals surface area contributed by atoms with E-state index in [4.69, 9.17) is 9.47 Å². The highest BCUT2D eigenvalue weighted by Crippen LogP contribution is 2.23. The first-order valence-corrected chi connectivity index (χ1v) is 9.87. The maximum Gasteiger partial charge on any atom is 0.329 e. The fourth-order valence-corrected chi connectivity index (χ4v) is 3.21. The van der Waals surface area contributed by atoms with E-state index in [0.717, 1.165) is 4.57 Å². The zero-order valence-corrected chi connectivity index (χ0v) is 19.2. The van der Waals surface area contributed by atoms with E-state index in [0.29, 0.717) is 0 Å². The Hall–Kier alpha value is -3.17. The molecule has 0 aliphatic rings. The predicted molar refractivity (Wildman–Crippen MR) is 114 cm³/mol. The molecule has 10 heteroatoms. The zero-order valence-electron chi connectivity index (χ0n) is 19.2. The van der Waals surface area contributed by atoms with Crippen LogP contribution in [0.4, 0.5) is 5.69 Å². The van der Waals surface area contributed by atoms with Gasteiger partial charge in [-0.05, 0) is 24.8 Å². The topological polar surface area (TPSA) is 133 Å². The second-order valence-corrected chi connectivity index (χ2v) is 7.84. The van der Waals surface area contributed by atoms with Crippen LogP contribution in [0.15, 0.2) is 10.9 Å². The zero-order chi connectivity index (χ0) is 24.0. The van der Waals surface area contributed by atoms with E-state index in [1.54, 1.807) is 27.7 Å². The van der Waals surface area contributed by atoms with E-state index < -0.39 is 41.4 Å². The number of esters is 2. The first-order chi connectivity index (χ1) is 14.4. The predicted octanol–water partition coefficient (Wildman–Crippen LogP) is 1.41. The number of carbonyl (C=O) groups is 4. The SMILES string of the molecule is COC(=O)[C@@H](NC(=O)c1cc(NC(C)=O)c(=O)n([C@H](C(=O)OC)C(C)C)c1C)C(C)C. The summed E-state index contributed by atoms with van der Waals surface area (Å²) < 4.78 is 10.7. The summed E-state index contributed by atoms with van der Waals surface area (Å²) in [4.78, 5) is 62.3. The Morgan fingerprint density at radius 1 is 0.968 bits per heavy atom. The van der Waals surface area contributed by atoms with E-state index in [-0.39, 0.29) is 28.8 Å². The van der Waals surface area contributed by atoms with Gasteiger partial charge in [-0.3, -0.25) is 19.0 Å². The number of ether oxygens (including phenoxy) is 2.